The third kappa shape index (κ3) is 1.84. The number of thiophene rings is 1. The van der Waals surface area contributed by atoms with E-state index in [2.05, 4.69) is 33.8 Å². The monoisotopic (exact) mass is 168 g/mol. The standard InChI is InChI=1S/C10H16S/c1-5-7(2)10-6-8(3)11-9(10)4/h6-7H,5H2,1-4H3. The van der Waals surface area contributed by atoms with Crippen LogP contribution in [0.1, 0.15) is 41.5 Å². The van der Waals surface area contributed by atoms with Gasteiger partial charge in [-0.05, 0) is 37.8 Å². The normalized spacial score (nSPS) is 13.5. The van der Waals surface area contributed by atoms with Crippen molar-refractivity contribution in [2.75, 3.05) is 0 Å². The summed E-state index contributed by atoms with van der Waals surface area (Å²) in [5.74, 6) is 0.736. The Morgan fingerprint density at radius 3 is 2.45 bits per heavy atom. The van der Waals surface area contributed by atoms with Crippen molar-refractivity contribution in [3.63, 3.8) is 0 Å². The first-order valence-electron chi connectivity index (χ1n) is 4.22. The SMILES string of the molecule is CCC(C)c1cc(C)sc1C. The molecule has 0 spiro atoms. The predicted molar refractivity (Wildman–Crippen MR) is 52.5 cm³/mol. The van der Waals surface area contributed by atoms with Gasteiger partial charge in [-0.15, -0.1) is 11.3 Å². The lowest BCUT2D eigenvalue weighted by molar-refractivity contribution is 0.732. The van der Waals surface area contributed by atoms with E-state index in [1.807, 2.05) is 11.3 Å². The number of rotatable bonds is 2. The van der Waals surface area contributed by atoms with Gasteiger partial charge in [0, 0.05) is 9.75 Å². The van der Waals surface area contributed by atoms with Gasteiger partial charge in [-0.1, -0.05) is 13.8 Å². The van der Waals surface area contributed by atoms with Gasteiger partial charge in [-0.25, -0.2) is 0 Å². The Morgan fingerprint density at radius 2 is 2.09 bits per heavy atom. The Labute approximate surface area is 73.3 Å². The lowest BCUT2D eigenvalue weighted by atomic mass is 9.99. The maximum absolute atomic E-state index is 2.33. The van der Waals surface area contributed by atoms with Gasteiger partial charge in [0.25, 0.3) is 0 Å². The first kappa shape index (κ1) is 8.79. The van der Waals surface area contributed by atoms with Gasteiger partial charge in [-0.3, -0.25) is 0 Å². The van der Waals surface area contributed by atoms with Gasteiger partial charge in [0.15, 0.2) is 0 Å². The summed E-state index contributed by atoms with van der Waals surface area (Å²) in [7, 11) is 0. The molecule has 0 radical (unpaired) electrons. The molecular formula is C10H16S. The summed E-state index contributed by atoms with van der Waals surface area (Å²) in [5, 5.41) is 0. The summed E-state index contributed by atoms with van der Waals surface area (Å²) in [6.07, 6.45) is 1.25. The molecule has 0 saturated heterocycles. The number of aryl methyl sites for hydroxylation is 2. The van der Waals surface area contributed by atoms with Crippen LogP contribution < -0.4 is 0 Å². The molecule has 0 nitrogen and oxygen atoms in total. The van der Waals surface area contributed by atoms with E-state index in [0.717, 1.165) is 5.92 Å². The lowest BCUT2D eigenvalue weighted by Crippen LogP contribution is -1.89. The van der Waals surface area contributed by atoms with Gasteiger partial charge in [0.2, 0.25) is 0 Å². The fraction of sp³-hybridized carbons (Fsp3) is 0.600. The average Bonchev–Trinajstić information content (AvgIpc) is 2.28. The van der Waals surface area contributed by atoms with Gasteiger partial charge in [0.05, 0.1) is 0 Å². The molecule has 1 rings (SSSR count). The second-order valence-corrected chi connectivity index (χ2v) is 4.64. The average molecular weight is 168 g/mol. The van der Waals surface area contributed by atoms with Crippen LogP contribution in [0.2, 0.25) is 0 Å². The van der Waals surface area contributed by atoms with E-state index in [1.54, 1.807) is 5.56 Å². The summed E-state index contributed by atoms with van der Waals surface area (Å²) in [5.41, 5.74) is 1.55. The van der Waals surface area contributed by atoms with Gasteiger partial charge >= 0.3 is 0 Å². The Balaban J connectivity index is 2.93. The molecule has 0 bridgehead atoms. The van der Waals surface area contributed by atoms with Gasteiger partial charge in [-0.2, -0.15) is 0 Å². The van der Waals surface area contributed by atoms with E-state index in [-0.39, 0.29) is 0 Å². The third-order valence-electron chi connectivity index (χ3n) is 2.22. The molecule has 0 fully saturated rings. The molecular weight excluding hydrogens is 152 g/mol. The summed E-state index contributed by atoms with van der Waals surface area (Å²) in [4.78, 5) is 2.94. The second-order valence-electron chi connectivity index (χ2n) is 3.18. The van der Waals surface area contributed by atoms with Gasteiger partial charge in [0.1, 0.15) is 0 Å². The largest absolute Gasteiger partial charge is 0.146 e. The van der Waals surface area contributed by atoms with E-state index in [9.17, 15) is 0 Å². The zero-order valence-corrected chi connectivity index (χ0v) is 8.59. The highest BCUT2D eigenvalue weighted by Crippen LogP contribution is 2.28. The highest BCUT2D eigenvalue weighted by Gasteiger charge is 2.08. The quantitative estimate of drug-likeness (QED) is 0.628. The molecule has 1 heterocycles. The molecule has 1 heteroatoms. The molecule has 0 N–H and O–H groups in total. The van der Waals surface area contributed by atoms with E-state index in [1.165, 1.54) is 16.2 Å². The topological polar surface area (TPSA) is 0 Å². The highest BCUT2D eigenvalue weighted by atomic mass is 32.1. The molecule has 0 aliphatic heterocycles. The smallest absolute Gasteiger partial charge is 0.00517 e. The maximum Gasteiger partial charge on any atom is 0.00517 e. The van der Waals surface area contributed by atoms with Crippen LogP contribution >= 0.6 is 11.3 Å². The minimum absolute atomic E-state index is 0.736. The summed E-state index contributed by atoms with van der Waals surface area (Å²) in [6.45, 7) is 8.95. The van der Waals surface area contributed by atoms with Crippen molar-refractivity contribution >= 4 is 11.3 Å². The van der Waals surface area contributed by atoms with Crippen molar-refractivity contribution in [1.29, 1.82) is 0 Å². The summed E-state index contributed by atoms with van der Waals surface area (Å²) >= 11 is 1.91. The molecule has 1 aromatic heterocycles. The Bertz CT molecular complexity index is 235. The van der Waals surface area contributed by atoms with Crippen LogP contribution in [0.15, 0.2) is 6.07 Å². The molecule has 1 atom stereocenters. The van der Waals surface area contributed by atoms with Crippen LogP contribution in [0.5, 0.6) is 0 Å². The van der Waals surface area contributed by atoms with Crippen molar-refractivity contribution in [3.8, 4) is 0 Å². The molecule has 1 unspecified atom stereocenters. The molecule has 0 aromatic carbocycles. The number of hydrogen-bond acceptors (Lipinski definition) is 1. The summed E-state index contributed by atoms with van der Waals surface area (Å²) in [6, 6.07) is 2.33. The van der Waals surface area contributed by atoms with Gasteiger partial charge < -0.3 is 0 Å². The number of hydrogen-bond donors (Lipinski definition) is 0. The van der Waals surface area contributed by atoms with Crippen molar-refractivity contribution in [1.82, 2.24) is 0 Å². The van der Waals surface area contributed by atoms with Crippen molar-refractivity contribution in [2.24, 2.45) is 0 Å². The van der Waals surface area contributed by atoms with E-state index < -0.39 is 0 Å². The zero-order chi connectivity index (χ0) is 8.43. The highest BCUT2D eigenvalue weighted by molar-refractivity contribution is 7.12. The second kappa shape index (κ2) is 3.40. The third-order valence-corrected chi connectivity index (χ3v) is 3.20. The van der Waals surface area contributed by atoms with E-state index in [4.69, 9.17) is 0 Å². The fourth-order valence-electron chi connectivity index (χ4n) is 1.36. The van der Waals surface area contributed by atoms with Crippen molar-refractivity contribution in [3.05, 3.63) is 21.4 Å². The molecule has 0 amide bonds. The maximum atomic E-state index is 2.33. The lowest BCUT2D eigenvalue weighted by Gasteiger charge is -2.06. The minimum atomic E-state index is 0.736. The molecule has 0 aliphatic carbocycles. The molecule has 0 aliphatic rings. The van der Waals surface area contributed by atoms with Crippen LogP contribution in [0.25, 0.3) is 0 Å². The van der Waals surface area contributed by atoms with Crippen LogP contribution in [-0.4, -0.2) is 0 Å². The Kier molecular flexibility index (Phi) is 2.72. The first-order valence-corrected chi connectivity index (χ1v) is 5.03. The first-order chi connectivity index (χ1) is 5.15. The van der Waals surface area contributed by atoms with Crippen molar-refractivity contribution in [2.45, 2.75) is 40.0 Å². The van der Waals surface area contributed by atoms with Crippen LogP contribution in [-0.2, 0) is 0 Å². The fourth-order valence-corrected chi connectivity index (χ4v) is 2.41. The van der Waals surface area contributed by atoms with E-state index >= 15 is 0 Å². The Morgan fingerprint density at radius 1 is 1.45 bits per heavy atom. The molecule has 62 valence electrons. The van der Waals surface area contributed by atoms with Crippen LogP contribution in [0, 0.1) is 13.8 Å². The Hall–Kier alpha value is -0.300. The van der Waals surface area contributed by atoms with E-state index in [0.29, 0.717) is 0 Å². The van der Waals surface area contributed by atoms with Crippen molar-refractivity contribution < 1.29 is 0 Å². The summed E-state index contributed by atoms with van der Waals surface area (Å²) < 4.78 is 0. The predicted octanol–water partition coefficient (Wildman–Crippen LogP) is 3.88. The molecule has 0 saturated carbocycles. The van der Waals surface area contributed by atoms with Crippen LogP contribution in [0.4, 0.5) is 0 Å². The minimum Gasteiger partial charge on any atom is -0.146 e. The molecule has 1 aromatic rings. The molecule has 11 heavy (non-hydrogen) atoms. The van der Waals surface area contributed by atoms with Crippen LogP contribution in [0.3, 0.4) is 0 Å². The zero-order valence-electron chi connectivity index (χ0n) is 7.77.